The molecule has 0 aromatic carbocycles. The van der Waals surface area contributed by atoms with Gasteiger partial charge >= 0.3 is 0 Å². The molecule has 3 aromatic heterocycles. The molecule has 0 saturated carbocycles. The van der Waals surface area contributed by atoms with Crippen molar-refractivity contribution in [3.8, 4) is 0 Å². The van der Waals surface area contributed by atoms with Gasteiger partial charge < -0.3 is 4.57 Å². The summed E-state index contributed by atoms with van der Waals surface area (Å²) in [6.45, 7) is 4.90. The molecular formula is C14H16ClN5. The standard InChI is InChI=1S/C14H16ClN5/c1-10-6-12-14(16-8-10)20(13(7-15)18-12)11(2)9-19-5-3-4-17-19/h3-6,8,11H,7,9H2,1-2H3. The van der Waals surface area contributed by atoms with Gasteiger partial charge in [0.05, 0.1) is 18.5 Å². The van der Waals surface area contributed by atoms with Crippen LogP contribution >= 0.6 is 11.6 Å². The van der Waals surface area contributed by atoms with Gasteiger partial charge in [0, 0.05) is 18.6 Å². The zero-order chi connectivity index (χ0) is 14.1. The van der Waals surface area contributed by atoms with Gasteiger partial charge in [-0.25, -0.2) is 9.97 Å². The van der Waals surface area contributed by atoms with Gasteiger partial charge in [-0.15, -0.1) is 11.6 Å². The Bertz CT molecular complexity index is 717. The molecule has 0 N–H and O–H groups in total. The predicted molar refractivity (Wildman–Crippen MR) is 78.8 cm³/mol. The van der Waals surface area contributed by atoms with Gasteiger partial charge in [-0.2, -0.15) is 5.10 Å². The Hall–Kier alpha value is -1.88. The van der Waals surface area contributed by atoms with Crippen molar-refractivity contribution < 1.29 is 0 Å². The first-order valence-corrected chi connectivity index (χ1v) is 7.09. The van der Waals surface area contributed by atoms with Crippen LogP contribution in [0, 0.1) is 6.92 Å². The highest BCUT2D eigenvalue weighted by atomic mass is 35.5. The van der Waals surface area contributed by atoms with E-state index in [1.807, 2.05) is 36.1 Å². The molecule has 3 rings (SSSR count). The average molecular weight is 290 g/mol. The highest BCUT2D eigenvalue weighted by Gasteiger charge is 2.17. The third-order valence-electron chi connectivity index (χ3n) is 3.31. The number of fused-ring (bicyclic) bond motifs is 1. The zero-order valence-electron chi connectivity index (χ0n) is 11.5. The highest BCUT2D eigenvalue weighted by Crippen LogP contribution is 2.22. The Labute approximate surface area is 122 Å². The van der Waals surface area contributed by atoms with E-state index >= 15 is 0 Å². The van der Waals surface area contributed by atoms with Crippen LogP contribution in [0.1, 0.15) is 24.4 Å². The second kappa shape index (κ2) is 5.25. The number of pyridine rings is 1. The van der Waals surface area contributed by atoms with Gasteiger partial charge in [-0.3, -0.25) is 4.68 Å². The monoisotopic (exact) mass is 289 g/mol. The molecule has 0 radical (unpaired) electrons. The summed E-state index contributed by atoms with van der Waals surface area (Å²) < 4.78 is 4.01. The first-order chi connectivity index (χ1) is 9.69. The van der Waals surface area contributed by atoms with Crippen LogP contribution < -0.4 is 0 Å². The van der Waals surface area contributed by atoms with Crippen LogP contribution in [0.25, 0.3) is 11.2 Å². The minimum atomic E-state index is 0.184. The fourth-order valence-corrected chi connectivity index (χ4v) is 2.64. The number of aromatic nitrogens is 5. The third-order valence-corrected chi connectivity index (χ3v) is 3.55. The summed E-state index contributed by atoms with van der Waals surface area (Å²) in [6.07, 6.45) is 5.59. The first-order valence-electron chi connectivity index (χ1n) is 6.56. The van der Waals surface area contributed by atoms with Crippen LogP contribution in [-0.2, 0) is 12.4 Å². The Kier molecular flexibility index (Phi) is 3.44. The molecule has 0 aliphatic carbocycles. The van der Waals surface area contributed by atoms with Crippen LogP contribution in [0.4, 0.5) is 0 Å². The fraction of sp³-hybridized carbons (Fsp3) is 0.357. The molecule has 3 heterocycles. The van der Waals surface area contributed by atoms with Gasteiger partial charge in [0.15, 0.2) is 5.65 Å². The molecule has 1 unspecified atom stereocenters. The Morgan fingerprint density at radius 3 is 2.95 bits per heavy atom. The lowest BCUT2D eigenvalue weighted by molar-refractivity contribution is 0.436. The summed E-state index contributed by atoms with van der Waals surface area (Å²) in [7, 11) is 0. The van der Waals surface area contributed by atoms with Gasteiger partial charge in [0.25, 0.3) is 0 Å². The minimum absolute atomic E-state index is 0.184. The van der Waals surface area contributed by atoms with Crippen LogP contribution in [-0.4, -0.2) is 24.3 Å². The lowest BCUT2D eigenvalue weighted by atomic mass is 10.3. The number of halogens is 1. The molecule has 1 atom stereocenters. The summed E-state index contributed by atoms with van der Waals surface area (Å²) in [4.78, 5) is 9.09. The average Bonchev–Trinajstić information content (AvgIpc) is 3.04. The molecule has 0 spiro atoms. The maximum absolute atomic E-state index is 6.04. The number of imidazole rings is 1. The Morgan fingerprint density at radius 2 is 2.25 bits per heavy atom. The molecule has 5 nitrogen and oxygen atoms in total. The number of nitrogens with zero attached hydrogens (tertiary/aromatic N) is 5. The highest BCUT2D eigenvalue weighted by molar-refractivity contribution is 6.16. The van der Waals surface area contributed by atoms with Crippen molar-refractivity contribution in [2.24, 2.45) is 0 Å². The molecule has 0 bridgehead atoms. The maximum atomic E-state index is 6.04. The van der Waals surface area contributed by atoms with E-state index in [4.69, 9.17) is 11.6 Å². The van der Waals surface area contributed by atoms with E-state index in [0.29, 0.717) is 5.88 Å². The molecule has 3 aromatic rings. The van der Waals surface area contributed by atoms with Crippen molar-refractivity contribution in [3.63, 3.8) is 0 Å². The molecule has 0 amide bonds. The van der Waals surface area contributed by atoms with Crippen LogP contribution in [0.3, 0.4) is 0 Å². The largest absolute Gasteiger partial charge is 0.307 e. The molecule has 0 saturated heterocycles. The SMILES string of the molecule is Cc1cnc2c(c1)nc(CCl)n2C(C)Cn1cccn1. The third kappa shape index (κ3) is 2.29. The van der Waals surface area contributed by atoms with E-state index in [-0.39, 0.29) is 6.04 Å². The van der Waals surface area contributed by atoms with Crippen molar-refractivity contribution in [1.29, 1.82) is 0 Å². The number of hydrogen-bond donors (Lipinski definition) is 0. The lowest BCUT2D eigenvalue weighted by Gasteiger charge is -2.16. The van der Waals surface area contributed by atoms with Gasteiger partial charge in [-0.1, -0.05) is 0 Å². The van der Waals surface area contributed by atoms with Crippen molar-refractivity contribution in [2.75, 3.05) is 0 Å². The molecule has 20 heavy (non-hydrogen) atoms. The quantitative estimate of drug-likeness (QED) is 0.694. The zero-order valence-corrected chi connectivity index (χ0v) is 12.2. The molecular weight excluding hydrogens is 274 g/mol. The van der Waals surface area contributed by atoms with Gasteiger partial charge in [0.1, 0.15) is 11.3 Å². The number of alkyl halides is 1. The van der Waals surface area contributed by atoms with Crippen molar-refractivity contribution in [3.05, 3.63) is 42.1 Å². The fourth-order valence-electron chi connectivity index (χ4n) is 2.45. The van der Waals surface area contributed by atoms with E-state index in [2.05, 4.69) is 26.6 Å². The molecule has 0 aliphatic rings. The lowest BCUT2D eigenvalue weighted by Crippen LogP contribution is -2.15. The van der Waals surface area contributed by atoms with Crippen LogP contribution in [0.15, 0.2) is 30.7 Å². The summed E-state index contributed by atoms with van der Waals surface area (Å²) in [5.41, 5.74) is 2.88. The second-order valence-electron chi connectivity index (χ2n) is 4.96. The van der Waals surface area contributed by atoms with Crippen LogP contribution in [0.2, 0.25) is 0 Å². The normalized spacial score (nSPS) is 12.9. The first kappa shape index (κ1) is 13.1. The second-order valence-corrected chi connectivity index (χ2v) is 5.23. The number of hydrogen-bond acceptors (Lipinski definition) is 3. The Balaban J connectivity index is 2.04. The van der Waals surface area contributed by atoms with Crippen molar-refractivity contribution in [2.45, 2.75) is 32.3 Å². The Morgan fingerprint density at radius 1 is 1.40 bits per heavy atom. The van der Waals surface area contributed by atoms with Crippen molar-refractivity contribution >= 4 is 22.8 Å². The number of aryl methyl sites for hydroxylation is 1. The van der Waals surface area contributed by atoms with Gasteiger partial charge in [-0.05, 0) is 31.5 Å². The topological polar surface area (TPSA) is 48.5 Å². The van der Waals surface area contributed by atoms with E-state index in [9.17, 15) is 0 Å². The smallest absolute Gasteiger partial charge is 0.160 e. The molecule has 6 heteroatoms. The van der Waals surface area contributed by atoms with Crippen LogP contribution in [0.5, 0.6) is 0 Å². The summed E-state index contributed by atoms with van der Waals surface area (Å²) in [5, 5.41) is 4.25. The van der Waals surface area contributed by atoms with Gasteiger partial charge in [0.2, 0.25) is 0 Å². The molecule has 104 valence electrons. The van der Waals surface area contributed by atoms with E-state index in [0.717, 1.165) is 29.1 Å². The molecule has 0 aliphatic heterocycles. The number of rotatable bonds is 4. The van der Waals surface area contributed by atoms with E-state index in [1.165, 1.54) is 0 Å². The summed E-state index contributed by atoms with van der Waals surface area (Å²) in [6, 6.07) is 4.14. The molecule has 0 fully saturated rings. The van der Waals surface area contributed by atoms with Crippen molar-refractivity contribution in [1.82, 2.24) is 24.3 Å². The van der Waals surface area contributed by atoms with E-state index < -0.39 is 0 Å². The summed E-state index contributed by atoms with van der Waals surface area (Å²) in [5.74, 6) is 1.22. The van der Waals surface area contributed by atoms with E-state index in [1.54, 1.807) is 6.20 Å². The minimum Gasteiger partial charge on any atom is -0.307 e. The predicted octanol–water partition coefficient (Wildman–Crippen LogP) is 2.94. The summed E-state index contributed by atoms with van der Waals surface area (Å²) >= 11 is 6.04. The maximum Gasteiger partial charge on any atom is 0.160 e.